The van der Waals surface area contributed by atoms with Crippen LogP contribution in [0.1, 0.15) is 5.69 Å². The summed E-state index contributed by atoms with van der Waals surface area (Å²) < 4.78 is 0. The molecular formula is C6H6LiN2O2. The zero-order chi connectivity index (χ0) is 7.40. The first-order valence-corrected chi connectivity index (χ1v) is 2.77. The van der Waals surface area contributed by atoms with Gasteiger partial charge in [0, 0.05) is 25.1 Å². The van der Waals surface area contributed by atoms with Crippen molar-refractivity contribution < 1.29 is 9.90 Å². The first-order chi connectivity index (χ1) is 4.79. The molecule has 1 heterocycles. The molecule has 1 aromatic heterocycles. The van der Waals surface area contributed by atoms with E-state index < -0.39 is 5.97 Å². The molecule has 0 spiro atoms. The number of hydrogen-bond acceptors (Lipinski definition) is 3. The molecule has 0 fully saturated rings. The van der Waals surface area contributed by atoms with E-state index in [2.05, 4.69) is 10.2 Å². The number of carbonyl (C=O) groups is 1. The van der Waals surface area contributed by atoms with Gasteiger partial charge >= 0.3 is 5.97 Å². The standard InChI is InChI=1S/C6H6N2O2.Li/c9-6(10)4-5-2-1-3-7-8-5;/h1-3H,4H2,(H,9,10);. The fourth-order valence-corrected chi connectivity index (χ4v) is 0.583. The summed E-state index contributed by atoms with van der Waals surface area (Å²) in [6.45, 7) is 0. The van der Waals surface area contributed by atoms with Crippen LogP contribution < -0.4 is 0 Å². The molecule has 0 aliphatic carbocycles. The van der Waals surface area contributed by atoms with Crippen molar-refractivity contribution >= 4 is 24.8 Å². The molecular weight excluding hydrogens is 139 g/mol. The number of hydrogen-bond donors (Lipinski definition) is 1. The van der Waals surface area contributed by atoms with Gasteiger partial charge in [-0.2, -0.15) is 10.2 Å². The van der Waals surface area contributed by atoms with Gasteiger partial charge in [-0.25, -0.2) is 0 Å². The van der Waals surface area contributed by atoms with Gasteiger partial charge in [-0.05, 0) is 12.1 Å². The number of aliphatic carboxylic acids is 1. The molecule has 0 bridgehead atoms. The van der Waals surface area contributed by atoms with Crippen molar-refractivity contribution in [3.8, 4) is 0 Å². The van der Waals surface area contributed by atoms with Crippen molar-refractivity contribution in [3.05, 3.63) is 24.0 Å². The van der Waals surface area contributed by atoms with Crippen LogP contribution in [0.25, 0.3) is 0 Å². The van der Waals surface area contributed by atoms with Gasteiger partial charge in [0.15, 0.2) is 0 Å². The van der Waals surface area contributed by atoms with E-state index in [-0.39, 0.29) is 25.3 Å². The number of nitrogens with zero attached hydrogens (tertiary/aromatic N) is 2. The van der Waals surface area contributed by atoms with Crippen molar-refractivity contribution in [1.82, 2.24) is 10.2 Å². The summed E-state index contributed by atoms with van der Waals surface area (Å²) in [7, 11) is 0. The third-order valence-corrected chi connectivity index (χ3v) is 0.960. The summed E-state index contributed by atoms with van der Waals surface area (Å²) in [6.07, 6.45) is 1.44. The van der Waals surface area contributed by atoms with Crippen LogP contribution in [0.4, 0.5) is 0 Å². The van der Waals surface area contributed by atoms with E-state index in [0.717, 1.165) is 0 Å². The third kappa shape index (κ3) is 3.76. The molecule has 4 nitrogen and oxygen atoms in total. The average Bonchev–Trinajstić information content (AvgIpc) is 1.88. The van der Waals surface area contributed by atoms with Gasteiger partial charge in [0.2, 0.25) is 0 Å². The van der Waals surface area contributed by atoms with Gasteiger partial charge in [0.05, 0.1) is 12.1 Å². The topological polar surface area (TPSA) is 63.1 Å². The molecule has 0 unspecified atom stereocenters. The first-order valence-electron chi connectivity index (χ1n) is 2.77. The quantitative estimate of drug-likeness (QED) is 0.581. The first kappa shape index (κ1) is 10.1. The summed E-state index contributed by atoms with van der Waals surface area (Å²) in [6, 6.07) is 3.28. The van der Waals surface area contributed by atoms with Crippen molar-refractivity contribution in [2.45, 2.75) is 6.42 Å². The Kier molecular flexibility index (Phi) is 4.51. The largest absolute Gasteiger partial charge is 0.481 e. The zero-order valence-electron chi connectivity index (χ0n) is 6.19. The number of carboxylic acids is 1. The van der Waals surface area contributed by atoms with Crippen LogP contribution in [0.5, 0.6) is 0 Å². The van der Waals surface area contributed by atoms with Crippen LogP contribution >= 0.6 is 0 Å². The van der Waals surface area contributed by atoms with Crippen molar-refractivity contribution in [2.75, 3.05) is 0 Å². The van der Waals surface area contributed by atoms with E-state index in [0.29, 0.717) is 5.69 Å². The third-order valence-electron chi connectivity index (χ3n) is 0.960. The van der Waals surface area contributed by atoms with Crippen molar-refractivity contribution in [1.29, 1.82) is 0 Å². The van der Waals surface area contributed by atoms with Crippen molar-refractivity contribution in [2.24, 2.45) is 0 Å². The second kappa shape index (κ2) is 4.89. The predicted molar refractivity (Wildman–Crippen MR) is 39.1 cm³/mol. The van der Waals surface area contributed by atoms with Gasteiger partial charge in [0.1, 0.15) is 0 Å². The van der Waals surface area contributed by atoms with E-state index in [1.807, 2.05) is 0 Å². The van der Waals surface area contributed by atoms with Crippen LogP contribution in [0.3, 0.4) is 0 Å². The maximum Gasteiger partial charge on any atom is 0.309 e. The summed E-state index contributed by atoms with van der Waals surface area (Å²) in [5.74, 6) is -0.888. The number of aromatic nitrogens is 2. The second-order valence-electron chi connectivity index (χ2n) is 1.79. The average molecular weight is 145 g/mol. The fraction of sp³-hybridized carbons (Fsp3) is 0.167. The molecule has 11 heavy (non-hydrogen) atoms. The fourth-order valence-electron chi connectivity index (χ4n) is 0.583. The smallest absolute Gasteiger partial charge is 0.309 e. The van der Waals surface area contributed by atoms with Gasteiger partial charge in [0.25, 0.3) is 0 Å². The summed E-state index contributed by atoms with van der Waals surface area (Å²) >= 11 is 0. The van der Waals surface area contributed by atoms with Crippen LogP contribution in [0.15, 0.2) is 18.3 Å². The normalized spacial score (nSPS) is 8.36. The van der Waals surface area contributed by atoms with Gasteiger partial charge in [-0.3, -0.25) is 4.79 Å². The van der Waals surface area contributed by atoms with E-state index in [1.165, 1.54) is 6.20 Å². The maximum absolute atomic E-state index is 10.1. The molecule has 0 aliphatic heterocycles. The van der Waals surface area contributed by atoms with Crippen molar-refractivity contribution in [3.63, 3.8) is 0 Å². The predicted octanol–water partition coefficient (Wildman–Crippen LogP) is -0.277. The molecule has 1 rings (SSSR count). The minimum absolute atomic E-state index is 0. The maximum atomic E-state index is 10.1. The molecule has 0 saturated carbocycles. The Morgan fingerprint density at radius 3 is 2.82 bits per heavy atom. The molecule has 53 valence electrons. The Balaban J connectivity index is 0.000001000. The Morgan fingerprint density at radius 1 is 1.64 bits per heavy atom. The van der Waals surface area contributed by atoms with Gasteiger partial charge < -0.3 is 5.11 Å². The van der Waals surface area contributed by atoms with Gasteiger partial charge in [-0.1, -0.05) is 0 Å². The number of carboxylic acid groups (broad SMARTS) is 1. The van der Waals surface area contributed by atoms with Crippen LogP contribution in [0, 0.1) is 0 Å². The SMILES string of the molecule is O=C(O)Cc1cccnn1.[Li]. The van der Waals surface area contributed by atoms with Crippen LogP contribution in [-0.2, 0) is 11.2 Å². The van der Waals surface area contributed by atoms with E-state index in [4.69, 9.17) is 5.11 Å². The Hall–Kier alpha value is -0.853. The summed E-state index contributed by atoms with van der Waals surface area (Å²) in [5.41, 5.74) is 0.481. The summed E-state index contributed by atoms with van der Waals surface area (Å²) in [5, 5.41) is 15.4. The number of rotatable bonds is 2. The van der Waals surface area contributed by atoms with Crippen LogP contribution in [0.2, 0.25) is 0 Å². The molecule has 0 amide bonds. The molecule has 1 radical (unpaired) electrons. The molecule has 1 N–H and O–H groups in total. The molecule has 1 aromatic rings. The zero-order valence-corrected chi connectivity index (χ0v) is 6.19. The molecule has 5 heteroatoms. The van der Waals surface area contributed by atoms with E-state index in [9.17, 15) is 4.79 Å². The van der Waals surface area contributed by atoms with Crippen LogP contribution in [-0.4, -0.2) is 40.1 Å². The minimum atomic E-state index is -0.888. The Bertz CT molecular complexity index is 227. The van der Waals surface area contributed by atoms with Gasteiger partial charge in [-0.15, -0.1) is 0 Å². The monoisotopic (exact) mass is 145 g/mol. The molecule has 0 aromatic carbocycles. The second-order valence-corrected chi connectivity index (χ2v) is 1.79. The summed E-state index contributed by atoms with van der Waals surface area (Å²) in [4.78, 5) is 10.1. The molecule has 0 saturated heterocycles. The molecule has 0 aliphatic rings. The van der Waals surface area contributed by atoms with E-state index >= 15 is 0 Å². The Morgan fingerprint density at radius 2 is 2.36 bits per heavy atom. The molecule has 0 atom stereocenters. The van der Waals surface area contributed by atoms with E-state index in [1.54, 1.807) is 12.1 Å². The Labute approximate surface area is 75.8 Å². The minimum Gasteiger partial charge on any atom is -0.481 e.